The van der Waals surface area contributed by atoms with Gasteiger partial charge < -0.3 is 0 Å². The van der Waals surface area contributed by atoms with Crippen molar-refractivity contribution in [3.05, 3.63) is 70.3 Å². The van der Waals surface area contributed by atoms with E-state index in [4.69, 9.17) is 0 Å². The Bertz CT molecular complexity index is 655. The van der Waals surface area contributed by atoms with Crippen LogP contribution < -0.4 is 0 Å². The number of ketones is 1. The maximum absolute atomic E-state index is 12.6. The SMILES string of the molecule is Cc1ccc(CC(=O)c2ccc(C(F)(F)F)cc2C)cc1. The molecule has 0 aromatic heterocycles. The molecular weight excluding hydrogens is 277 g/mol. The maximum Gasteiger partial charge on any atom is 0.416 e. The fourth-order valence-corrected chi connectivity index (χ4v) is 2.14. The number of rotatable bonds is 3. The molecular formula is C17H15F3O. The number of aryl methyl sites for hydroxylation is 2. The van der Waals surface area contributed by atoms with E-state index in [1.54, 1.807) is 0 Å². The molecule has 0 saturated heterocycles. The van der Waals surface area contributed by atoms with E-state index in [0.29, 0.717) is 11.1 Å². The van der Waals surface area contributed by atoms with Crippen molar-refractivity contribution in [3.8, 4) is 0 Å². The molecule has 21 heavy (non-hydrogen) atoms. The Balaban J connectivity index is 2.22. The Kier molecular flexibility index (Phi) is 4.16. The van der Waals surface area contributed by atoms with Gasteiger partial charge in [-0.25, -0.2) is 0 Å². The number of Topliss-reactive ketones (excluding diaryl/α,β-unsaturated/α-hetero) is 1. The van der Waals surface area contributed by atoms with Gasteiger partial charge in [0.05, 0.1) is 5.56 Å². The third kappa shape index (κ3) is 3.72. The number of hydrogen-bond acceptors (Lipinski definition) is 1. The van der Waals surface area contributed by atoms with Gasteiger partial charge in [-0.15, -0.1) is 0 Å². The molecule has 1 nitrogen and oxygen atoms in total. The molecule has 0 saturated carbocycles. The highest BCUT2D eigenvalue weighted by Gasteiger charge is 2.30. The summed E-state index contributed by atoms with van der Waals surface area (Å²) in [4.78, 5) is 12.2. The number of carbonyl (C=O) groups excluding carboxylic acids is 1. The normalized spacial score (nSPS) is 11.5. The zero-order valence-electron chi connectivity index (χ0n) is 11.8. The van der Waals surface area contributed by atoms with Crippen LogP contribution in [0.1, 0.15) is 32.6 Å². The first kappa shape index (κ1) is 15.3. The van der Waals surface area contributed by atoms with Crippen LogP contribution in [0.15, 0.2) is 42.5 Å². The fourth-order valence-electron chi connectivity index (χ4n) is 2.14. The molecule has 0 aliphatic heterocycles. The Labute approximate surface area is 121 Å². The second kappa shape index (κ2) is 5.72. The summed E-state index contributed by atoms with van der Waals surface area (Å²) in [6, 6.07) is 10.7. The molecule has 2 aromatic carbocycles. The van der Waals surface area contributed by atoms with Crippen LogP contribution in [-0.2, 0) is 12.6 Å². The lowest BCUT2D eigenvalue weighted by Gasteiger charge is -2.10. The highest BCUT2D eigenvalue weighted by atomic mass is 19.4. The summed E-state index contributed by atoms with van der Waals surface area (Å²) in [6.07, 6.45) is -4.20. The standard InChI is InChI=1S/C17H15F3O/c1-11-3-5-13(6-4-11)10-16(21)15-8-7-14(9-12(15)2)17(18,19)20/h3-9H,10H2,1-2H3. The molecule has 0 unspecified atom stereocenters. The van der Waals surface area contributed by atoms with Crippen LogP contribution in [0.25, 0.3) is 0 Å². The lowest BCUT2D eigenvalue weighted by atomic mass is 9.97. The van der Waals surface area contributed by atoms with E-state index in [-0.39, 0.29) is 12.2 Å². The molecule has 2 aromatic rings. The quantitative estimate of drug-likeness (QED) is 0.746. The van der Waals surface area contributed by atoms with E-state index >= 15 is 0 Å². The van der Waals surface area contributed by atoms with Crippen molar-refractivity contribution < 1.29 is 18.0 Å². The molecule has 0 bridgehead atoms. The minimum atomic E-state index is -4.39. The van der Waals surface area contributed by atoms with Crippen LogP contribution in [0.4, 0.5) is 13.2 Å². The summed E-state index contributed by atoms with van der Waals surface area (Å²) in [5, 5.41) is 0. The number of alkyl halides is 3. The van der Waals surface area contributed by atoms with E-state index in [9.17, 15) is 18.0 Å². The minimum absolute atomic E-state index is 0.176. The van der Waals surface area contributed by atoms with E-state index in [2.05, 4.69) is 0 Å². The molecule has 0 radical (unpaired) electrons. The average molecular weight is 292 g/mol. The molecule has 0 amide bonds. The summed E-state index contributed by atoms with van der Waals surface area (Å²) in [5.41, 5.74) is 1.90. The van der Waals surface area contributed by atoms with Gasteiger partial charge in [0, 0.05) is 12.0 Å². The lowest BCUT2D eigenvalue weighted by Crippen LogP contribution is -2.09. The van der Waals surface area contributed by atoms with Crippen molar-refractivity contribution in [2.75, 3.05) is 0 Å². The Morgan fingerprint density at radius 1 is 1.00 bits per heavy atom. The number of benzene rings is 2. The van der Waals surface area contributed by atoms with Gasteiger partial charge in [0.1, 0.15) is 0 Å². The highest BCUT2D eigenvalue weighted by Crippen LogP contribution is 2.30. The van der Waals surface area contributed by atoms with Crippen LogP contribution in [0.2, 0.25) is 0 Å². The summed E-state index contributed by atoms with van der Waals surface area (Å²) >= 11 is 0. The monoisotopic (exact) mass is 292 g/mol. The van der Waals surface area contributed by atoms with Crippen molar-refractivity contribution in [2.24, 2.45) is 0 Å². The molecule has 0 aliphatic carbocycles. The van der Waals surface area contributed by atoms with Gasteiger partial charge in [0.25, 0.3) is 0 Å². The smallest absolute Gasteiger partial charge is 0.294 e. The van der Waals surface area contributed by atoms with Crippen molar-refractivity contribution in [2.45, 2.75) is 26.4 Å². The Hall–Kier alpha value is -2.10. The summed E-state index contributed by atoms with van der Waals surface area (Å²) in [6.45, 7) is 3.48. The molecule has 0 heterocycles. The zero-order valence-corrected chi connectivity index (χ0v) is 11.8. The molecule has 0 N–H and O–H groups in total. The van der Waals surface area contributed by atoms with Crippen LogP contribution >= 0.6 is 0 Å². The number of carbonyl (C=O) groups is 1. The number of hydrogen-bond donors (Lipinski definition) is 0. The van der Waals surface area contributed by atoms with Gasteiger partial charge in [-0.1, -0.05) is 35.9 Å². The molecule has 0 atom stereocenters. The van der Waals surface area contributed by atoms with Crippen LogP contribution in [0.3, 0.4) is 0 Å². The topological polar surface area (TPSA) is 17.1 Å². The van der Waals surface area contributed by atoms with Crippen molar-refractivity contribution in [3.63, 3.8) is 0 Å². The summed E-state index contributed by atoms with van der Waals surface area (Å²) in [7, 11) is 0. The Morgan fingerprint density at radius 2 is 1.62 bits per heavy atom. The largest absolute Gasteiger partial charge is 0.416 e. The van der Waals surface area contributed by atoms with Gasteiger partial charge in [0.2, 0.25) is 0 Å². The van der Waals surface area contributed by atoms with Gasteiger partial charge in [-0.2, -0.15) is 13.2 Å². The molecule has 4 heteroatoms. The zero-order chi connectivity index (χ0) is 15.6. The third-order valence-corrected chi connectivity index (χ3v) is 3.34. The predicted molar refractivity (Wildman–Crippen MR) is 75.4 cm³/mol. The lowest BCUT2D eigenvalue weighted by molar-refractivity contribution is -0.137. The van der Waals surface area contributed by atoms with Crippen LogP contribution in [-0.4, -0.2) is 5.78 Å². The van der Waals surface area contributed by atoms with E-state index in [0.717, 1.165) is 23.3 Å². The first-order valence-electron chi connectivity index (χ1n) is 6.54. The first-order chi connectivity index (χ1) is 9.77. The Morgan fingerprint density at radius 3 is 2.14 bits per heavy atom. The molecule has 0 spiro atoms. The molecule has 110 valence electrons. The highest BCUT2D eigenvalue weighted by molar-refractivity contribution is 5.98. The summed E-state index contributed by atoms with van der Waals surface area (Å²) in [5.74, 6) is -0.176. The molecule has 2 rings (SSSR count). The second-order valence-corrected chi connectivity index (χ2v) is 5.11. The second-order valence-electron chi connectivity index (χ2n) is 5.11. The van der Waals surface area contributed by atoms with Gasteiger partial charge in [-0.3, -0.25) is 4.79 Å². The van der Waals surface area contributed by atoms with Gasteiger partial charge >= 0.3 is 6.18 Å². The fraction of sp³-hybridized carbons (Fsp3) is 0.235. The van der Waals surface area contributed by atoms with E-state index < -0.39 is 11.7 Å². The molecule has 0 aliphatic rings. The van der Waals surface area contributed by atoms with Crippen LogP contribution in [0, 0.1) is 13.8 Å². The predicted octanol–water partition coefficient (Wildman–Crippen LogP) is 4.75. The minimum Gasteiger partial charge on any atom is -0.294 e. The average Bonchev–Trinajstić information content (AvgIpc) is 2.40. The van der Waals surface area contributed by atoms with Crippen LogP contribution in [0.5, 0.6) is 0 Å². The molecule has 0 fully saturated rings. The van der Waals surface area contributed by atoms with Crippen molar-refractivity contribution in [1.82, 2.24) is 0 Å². The van der Waals surface area contributed by atoms with E-state index in [1.165, 1.54) is 13.0 Å². The van der Waals surface area contributed by atoms with Crippen molar-refractivity contribution in [1.29, 1.82) is 0 Å². The van der Waals surface area contributed by atoms with Gasteiger partial charge in [-0.05, 0) is 37.1 Å². The van der Waals surface area contributed by atoms with E-state index in [1.807, 2.05) is 31.2 Å². The van der Waals surface area contributed by atoms with Gasteiger partial charge in [0.15, 0.2) is 5.78 Å². The van der Waals surface area contributed by atoms with Crippen molar-refractivity contribution >= 4 is 5.78 Å². The first-order valence-corrected chi connectivity index (χ1v) is 6.54. The number of halogens is 3. The maximum atomic E-state index is 12.6. The summed E-state index contributed by atoms with van der Waals surface area (Å²) < 4.78 is 37.8. The third-order valence-electron chi connectivity index (χ3n) is 3.34.